The molecule has 0 saturated heterocycles. The molecule has 0 aliphatic heterocycles. The van der Waals surface area contributed by atoms with Gasteiger partial charge in [0, 0.05) is 12.8 Å². The second kappa shape index (κ2) is 39.0. The number of carboxylic acid groups (broad SMARTS) is 1. The fourth-order valence-corrected chi connectivity index (χ4v) is 6.33. The Kier molecular flexibility index (Phi) is 37.1. The van der Waals surface area contributed by atoms with Crippen LogP contribution in [0.15, 0.2) is 24.3 Å². The maximum absolute atomic E-state index is 12.7. The van der Waals surface area contributed by atoms with Crippen LogP contribution in [-0.4, -0.2) is 59.3 Å². The summed E-state index contributed by atoms with van der Waals surface area (Å²) in [5.74, 6) is -2.30. The molecular formula is C44H80N2O7. The summed E-state index contributed by atoms with van der Waals surface area (Å²) in [7, 11) is 0. The van der Waals surface area contributed by atoms with Gasteiger partial charge in [-0.1, -0.05) is 147 Å². The van der Waals surface area contributed by atoms with Crippen LogP contribution in [0.4, 0.5) is 0 Å². The van der Waals surface area contributed by atoms with Crippen molar-refractivity contribution in [3.8, 4) is 0 Å². The molecule has 2 unspecified atom stereocenters. The summed E-state index contributed by atoms with van der Waals surface area (Å²) >= 11 is 0. The normalized spacial score (nSPS) is 12.7. The highest BCUT2D eigenvalue weighted by Crippen LogP contribution is 2.18. The van der Waals surface area contributed by atoms with Crippen LogP contribution < -0.4 is 10.6 Å². The van der Waals surface area contributed by atoms with E-state index in [1.54, 1.807) is 0 Å². The SMILES string of the molecule is CCCCCCC/C=C\C/C=C\CCCCCC(CCCCCCCC(=O)NCC(=O)NC(CO)C(=O)O)OC(=O)CCCCCCCCCCCC. The van der Waals surface area contributed by atoms with Crippen molar-refractivity contribution in [2.24, 2.45) is 0 Å². The van der Waals surface area contributed by atoms with Gasteiger partial charge < -0.3 is 25.6 Å². The van der Waals surface area contributed by atoms with Gasteiger partial charge in [-0.2, -0.15) is 0 Å². The molecule has 53 heavy (non-hydrogen) atoms. The number of unbranched alkanes of at least 4 members (excludes halogenated alkanes) is 21. The van der Waals surface area contributed by atoms with Crippen molar-refractivity contribution in [3.63, 3.8) is 0 Å². The van der Waals surface area contributed by atoms with Gasteiger partial charge in [-0.15, -0.1) is 0 Å². The molecule has 0 fully saturated rings. The fourth-order valence-electron chi connectivity index (χ4n) is 6.33. The van der Waals surface area contributed by atoms with Crippen molar-refractivity contribution in [1.82, 2.24) is 10.6 Å². The van der Waals surface area contributed by atoms with Gasteiger partial charge in [0.25, 0.3) is 0 Å². The zero-order valence-corrected chi connectivity index (χ0v) is 34.0. The highest BCUT2D eigenvalue weighted by molar-refractivity contribution is 5.87. The first kappa shape index (κ1) is 50.3. The summed E-state index contributed by atoms with van der Waals surface area (Å²) in [5.41, 5.74) is 0. The molecular weight excluding hydrogens is 668 g/mol. The van der Waals surface area contributed by atoms with E-state index in [0.717, 1.165) is 83.5 Å². The van der Waals surface area contributed by atoms with Gasteiger partial charge in [0.1, 0.15) is 12.1 Å². The van der Waals surface area contributed by atoms with Crippen molar-refractivity contribution in [2.75, 3.05) is 13.2 Å². The van der Waals surface area contributed by atoms with Gasteiger partial charge in [0.05, 0.1) is 13.2 Å². The number of rotatable bonds is 39. The Hall–Kier alpha value is -2.68. The van der Waals surface area contributed by atoms with E-state index in [9.17, 15) is 19.2 Å². The van der Waals surface area contributed by atoms with Gasteiger partial charge in [0.2, 0.25) is 11.8 Å². The Morgan fingerprint density at radius 2 is 1.02 bits per heavy atom. The van der Waals surface area contributed by atoms with E-state index >= 15 is 0 Å². The third-order valence-corrected chi connectivity index (χ3v) is 9.70. The number of aliphatic carboxylic acids is 1. The number of hydrogen-bond acceptors (Lipinski definition) is 6. The molecule has 0 aliphatic carbocycles. The number of esters is 1. The zero-order chi connectivity index (χ0) is 39.0. The molecule has 0 saturated carbocycles. The van der Waals surface area contributed by atoms with Crippen LogP contribution in [0.5, 0.6) is 0 Å². The van der Waals surface area contributed by atoms with E-state index in [-0.39, 0.29) is 24.5 Å². The van der Waals surface area contributed by atoms with E-state index < -0.39 is 24.5 Å². The molecule has 2 amide bonds. The quantitative estimate of drug-likeness (QED) is 0.0278. The summed E-state index contributed by atoms with van der Waals surface area (Å²) < 4.78 is 6.01. The third-order valence-electron chi connectivity index (χ3n) is 9.70. The highest BCUT2D eigenvalue weighted by atomic mass is 16.5. The zero-order valence-electron chi connectivity index (χ0n) is 34.0. The van der Waals surface area contributed by atoms with Gasteiger partial charge in [-0.25, -0.2) is 4.79 Å². The van der Waals surface area contributed by atoms with Crippen LogP contribution in [0.1, 0.15) is 206 Å². The summed E-state index contributed by atoms with van der Waals surface area (Å²) in [6.07, 6.45) is 42.0. The van der Waals surface area contributed by atoms with Crippen molar-refractivity contribution in [1.29, 1.82) is 0 Å². The van der Waals surface area contributed by atoms with E-state index in [1.807, 2.05) is 0 Å². The van der Waals surface area contributed by atoms with Crippen molar-refractivity contribution >= 4 is 23.8 Å². The lowest BCUT2D eigenvalue weighted by Gasteiger charge is -2.18. The van der Waals surface area contributed by atoms with Gasteiger partial charge in [-0.3, -0.25) is 14.4 Å². The van der Waals surface area contributed by atoms with Gasteiger partial charge in [-0.05, 0) is 70.6 Å². The average molecular weight is 749 g/mol. The van der Waals surface area contributed by atoms with E-state index in [4.69, 9.17) is 14.9 Å². The minimum atomic E-state index is -1.38. The summed E-state index contributed by atoms with van der Waals surface area (Å²) in [6, 6.07) is -1.38. The first-order valence-corrected chi connectivity index (χ1v) is 21.7. The smallest absolute Gasteiger partial charge is 0.328 e. The lowest BCUT2D eigenvalue weighted by atomic mass is 10.0. The number of hydrogen-bond donors (Lipinski definition) is 4. The predicted molar refractivity (Wildman–Crippen MR) is 218 cm³/mol. The number of nitrogens with one attached hydrogen (secondary N) is 2. The first-order valence-electron chi connectivity index (χ1n) is 21.7. The van der Waals surface area contributed by atoms with Crippen LogP contribution in [0.3, 0.4) is 0 Å². The highest BCUT2D eigenvalue weighted by Gasteiger charge is 2.19. The van der Waals surface area contributed by atoms with E-state index in [1.165, 1.54) is 89.9 Å². The van der Waals surface area contributed by atoms with E-state index in [2.05, 4.69) is 48.8 Å². The molecule has 0 aromatic heterocycles. The molecule has 9 heteroatoms. The monoisotopic (exact) mass is 749 g/mol. The van der Waals surface area contributed by atoms with Crippen LogP contribution in [0, 0.1) is 0 Å². The van der Waals surface area contributed by atoms with Gasteiger partial charge in [0.15, 0.2) is 0 Å². The van der Waals surface area contributed by atoms with Crippen molar-refractivity contribution in [3.05, 3.63) is 24.3 Å². The fraction of sp³-hybridized carbons (Fsp3) is 0.818. The minimum absolute atomic E-state index is 0.0308. The summed E-state index contributed by atoms with van der Waals surface area (Å²) in [5, 5.41) is 22.5. The molecule has 0 radical (unpaired) electrons. The lowest BCUT2D eigenvalue weighted by Crippen LogP contribution is -2.47. The molecule has 2 atom stereocenters. The number of carbonyl (C=O) groups is 4. The number of carbonyl (C=O) groups excluding carboxylic acids is 3. The van der Waals surface area contributed by atoms with Gasteiger partial charge >= 0.3 is 11.9 Å². The molecule has 0 aliphatic rings. The Labute approximate surface area is 324 Å². The summed E-state index contributed by atoms with van der Waals surface area (Å²) in [6.45, 7) is 3.46. The minimum Gasteiger partial charge on any atom is -0.480 e. The second-order valence-electron chi connectivity index (χ2n) is 14.8. The van der Waals surface area contributed by atoms with Crippen LogP contribution >= 0.6 is 0 Å². The summed E-state index contributed by atoms with van der Waals surface area (Å²) in [4.78, 5) is 47.5. The Balaban J connectivity index is 4.36. The van der Waals surface area contributed by atoms with Crippen molar-refractivity contribution < 1.29 is 34.1 Å². The molecule has 0 spiro atoms. The van der Waals surface area contributed by atoms with Crippen molar-refractivity contribution in [2.45, 2.75) is 219 Å². The molecule has 0 heterocycles. The molecule has 0 rings (SSSR count). The van der Waals surface area contributed by atoms with Crippen LogP contribution in [0.25, 0.3) is 0 Å². The first-order chi connectivity index (χ1) is 25.8. The molecule has 0 aromatic rings. The second-order valence-corrected chi connectivity index (χ2v) is 14.8. The van der Waals surface area contributed by atoms with Crippen LogP contribution in [-0.2, 0) is 23.9 Å². The molecule has 9 nitrogen and oxygen atoms in total. The lowest BCUT2D eigenvalue weighted by molar-refractivity contribution is -0.150. The average Bonchev–Trinajstić information content (AvgIpc) is 3.14. The Bertz CT molecular complexity index is 952. The Morgan fingerprint density at radius 3 is 1.53 bits per heavy atom. The number of aliphatic hydroxyl groups excluding tert-OH is 1. The molecule has 4 N–H and O–H groups in total. The number of carboxylic acids is 1. The predicted octanol–water partition coefficient (Wildman–Crippen LogP) is 10.4. The molecule has 308 valence electrons. The maximum Gasteiger partial charge on any atom is 0.328 e. The molecule has 0 aromatic carbocycles. The van der Waals surface area contributed by atoms with E-state index in [0.29, 0.717) is 19.3 Å². The maximum atomic E-state index is 12.7. The largest absolute Gasteiger partial charge is 0.480 e. The third kappa shape index (κ3) is 36.1. The standard InChI is InChI=1S/C44H80N2O7/c1-3-5-7-9-11-13-15-16-17-18-19-20-22-25-29-33-39(53-43(50)36-32-28-23-21-14-12-10-8-6-4-2)34-30-26-24-27-31-35-41(48)45-37-42(49)46-40(38-47)44(51)52/h15-16,18-19,39-40,47H,3-14,17,20-38H2,1-2H3,(H,45,48)(H,46,49)(H,51,52)/b16-15-,19-18-. The number of amides is 2. The number of aliphatic hydroxyl groups is 1. The topological polar surface area (TPSA) is 142 Å². The molecule has 0 bridgehead atoms. The number of allylic oxidation sites excluding steroid dienone is 4. The Morgan fingerprint density at radius 1 is 0.566 bits per heavy atom. The van der Waals surface area contributed by atoms with Crippen LogP contribution in [0.2, 0.25) is 0 Å². The number of ether oxygens (including phenoxy) is 1.